The fourth-order valence-electron chi connectivity index (χ4n) is 2.95. The molecule has 0 saturated heterocycles. The molecule has 1 atom stereocenters. The number of methoxy groups -OCH3 is 1. The van der Waals surface area contributed by atoms with Gasteiger partial charge in [0.2, 0.25) is 5.91 Å². The first-order valence-corrected chi connectivity index (χ1v) is 10.4. The summed E-state index contributed by atoms with van der Waals surface area (Å²) in [5.74, 6) is 0.668. The number of fused-ring (bicyclic) bond motifs is 1. The van der Waals surface area contributed by atoms with Gasteiger partial charge in [0.05, 0.1) is 23.3 Å². The van der Waals surface area contributed by atoms with Gasteiger partial charge in [-0.2, -0.15) is 0 Å². The van der Waals surface area contributed by atoms with Crippen LogP contribution in [0.5, 0.6) is 5.75 Å². The van der Waals surface area contributed by atoms with Crippen LogP contribution in [0, 0.1) is 0 Å². The highest BCUT2D eigenvalue weighted by atomic mass is 32.2. The number of ether oxygens (including phenoxy) is 1. The minimum atomic E-state index is -0.397. The zero-order valence-corrected chi connectivity index (χ0v) is 17.8. The average Bonchev–Trinajstić information content (AvgIpc) is 2.72. The Balaban J connectivity index is 1.75. The number of hydrogen-bond donors (Lipinski definition) is 1. The molecule has 3 aromatic rings. The predicted octanol–water partition coefficient (Wildman–Crippen LogP) is 3.78. The molecule has 0 fully saturated rings. The second kappa shape index (κ2) is 9.13. The number of carbonyl (C=O) groups is 1. The third kappa shape index (κ3) is 4.79. The van der Waals surface area contributed by atoms with Crippen molar-refractivity contribution in [1.82, 2.24) is 14.9 Å². The van der Waals surface area contributed by atoms with Gasteiger partial charge in [0, 0.05) is 12.6 Å². The standard InChI is InChI=1S/C22H25N3O3S/c1-14(2)25-21(27)18-7-5-6-8-19(18)24-22(25)29-15(3)20(26)23-13-16-9-11-17(28-4)12-10-16/h5-12,14-15H,13H2,1-4H3,(H,23,26). The Morgan fingerprint density at radius 3 is 2.48 bits per heavy atom. The van der Waals surface area contributed by atoms with Gasteiger partial charge in [-0.1, -0.05) is 36.0 Å². The fraction of sp³-hybridized carbons (Fsp3) is 0.318. The summed E-state index contributed by atoms with van der Waals surface area (Å²) in [6.07, 6.45) is 0. The van der Waals surface area contributed by atoms with E-state index in [1.165, 1.54) is 11.8 Å². The molecule has 0 saturated carbocycles. The maximum absolute atomic E-state index is 12.9. The Bertz CT molecular complexity index is 1060. The Morgan fingerprint density at radius 1 is 1.14 bits per heavy atom. The average molecular weight is 412 g/mol. The number of rotatable bonds is 7. The van der Waals surface area contributed by atoms with Gasteiger partial charge in [-0.25, -0.2) is 4.98 Å². The van der Waals surface area contributed by atoms with Crippen molar-refractivity contribution in [3.05, 3.63) is 64.4 Å². The maximum Gasteiger partial charge on any atom is 0.262 e. The summed E-state index contributed by atoms with van der Waals surface area (Å²) in [4.78, 5) is 30.2. The van der Waals surface area contributed by atoms with E-state index in [0.29, 0.717) is 22.6 Å². The van der Waals surface area contributed by atoms with Crippen molar-refractivity contribution in [2.24, 2.45) is 0 Å². The summed E-state index contributed by atoms with van der Waals surface area (Å²) in [5, 5.41) is 3.68. The molecule has 0 spiro atoms. The molecule has 29 heavy (non-hydrogen) atoms. The molecule has 7 heteroatoms. The number of amides is 1. The molecule has 3 rings (SSSR count). The quantitative estimate of drug-likeness (QED) is 0.473. The van der Waals surface area contributed by atoms with Crippen LogP contribution >= 0.6 is 11.8 Å². The third-order valence-electron chi connectivity index (χ3n) is 4.57. The van der Waals surface area contributed by atoms with Crippen molar-refractivity contribution >= 4 is 28.6 Å². The van der Waals surface area contributed by atoms with Crippen molar-refractivity contribution in [3.8, 4) is 5.75 Å². The van der Waals surface area contributed by atoms with Crippen molar-refractivity contribution in [2.75, 3.05) is 7.11 Å². The number of nitrogens with one attached hydrogen (secondary N) is 1. The number of para-hydroxylation sites is 1. The number of nitrogens with zero attached hydrogens (tertiary/aromatic N) is 2. The third-order valence-corrected chi connectivity index (χ3v) is 5.64. The summed E-state index contributed by atoms with van der Waals surface area (Å²) in [5.41, 5.74) is 1.54. The van der Waals surface area contributed by atoms with Gasteiger partial charge in [-0.05, 0) is 50.6 Å². The lowest BCUT2D eigenvalue weighted by Gasteiger charge is -2.18. The lowest BCUT2D eigenvalue weighted by molar-refractivity contribution is -0.120. The Hall–Kier alpha value is -2.80. The van der Waals surface area contributed by atoms with E-state index in [1.807, 2.05) is 63.2 Å². The summed E-state index contributed by atoms with van der Waals surface area (Å²) in [6.45, 7) is 6.13. The fourth-order valence-corrected chi connectivity index (χ4v) is 4.02. The summed E-state index contributed by atoms with van der Waals surface area (Å²) in [7, 11) is 1.62. The van der Waals surface area contributed by atoms with Crippen LogP contribution in [-0.2, 0) is 11.3 Å². The number of aromatic nitrogens is 2. The SMILES string of the molecule is COc1ccc(CNC(=O)C(C)Sc2nc3ccccc3c(=O)n2C(C)C)cc1. The van der Waals surface area contributed by atoms with E-state index in [9.17, 15) is 9.59 Å². The van der Waals surface area contributed by atoms with Gasteiger partial charge in [-0.3, -0.25) is 14.2 Å². The van der Waals surface area contributed by atoms with Crippen molar-refractivity contribution in [3.63, 3.8) is 0 Å². The van der Waals surface area contributed by atoms with Gasteiger partial charge in [0.1, 0.15) is 5.75 Å². The second-order valence-electron chi connectivity index (χ2n) is 7.01. The molecule has 1 heterocycles. The number of thioether (sulfide) groups is 1. The van der Waals surface area contributed by atoms with E-state index in [4.69, 9.17) is 4.74 Å². The molecular formula is C22H25N3O3S. The molecule has 0 aliphatic rings. The smallest absolute Gasteiger partial charge is 0.262 e. The largest absolute Gasteiger partial charge is 0.497 e. The Morgan fingerprint density at radius 2 is 1.83 bits per heavy atom. The zero-order valence-electron chi connectivity index (χ0n) is 17.0. The molecule has 0 bridgehead atoms. The molecule has 1 N–H and O–H groups in total. The minimum Gasteiger partial charge on any atom is -0.497 e. The Kier molecular flexibility index (Phi) is 6.59. The highest BCUT2D eigenvalue weighted by Gasteiger charge is 2.20. The minimum absolute atomic E-state index is 0.0586. The van der Waals surface area contributed by atoms with Crippen LogP contribution in [0.15, 0.2) is 58.5 Å². The Labute approximate surface area is 174 Å². The molecule has 152 valence electrons. The van der Waals surface area contributed by atoms with Gasteiger partial charge in [-0.15, -0.1) is 0 Å². The van der Waals surface area contributed by atoms with Crippen LogP contribution in [0.25, 0.3) is 10.9 Å². The van der Waals surface area contributed by atoms with Crippen molar-refractivity contribution in [2.45, 2.75) is 43.8 Å². The predicted molar refractivity (Wildman–Crippen MR) is 117 cm³/mol. The first-order chi connectivity index (χ1) is 13.9. The maximum atomic E-state index is 12.9. The lowest BCUT2D eigenvalue weighted by Crippen LogP contribution is -2.32. The van der Waals surface area contributed by atoms with E-state index < -0.39 is 5.25 Å². The topological polar surface area (TPSA) is 73.2 Å². The molecule has 6 nitrogen and oxygen atoms in total. The van der Waals surface area contributed by atoms with Crippen LogP contribution in [-0.4, -0.2) is 27.8 Å². The van der Waals surface area contributed by atoms with Gasteiger partial charge in [0.25, 0.3) is 5.56 Å². The van der Waals surface area contributed by atoms with Crippen LogP contribution < -0.4 is 15.6 Å². The number of benzene rings is 2. The molecule has 2 aromatic carbocycles. The first kappa shape index (κ1) is 20.9. The molecule has 1 amide bonds. The number of carbonyl (C=O) groups excluding carboxylic acids is 1. The van der Waals surface area contributed by atoms with E-state index in [0.717, 1.165) is 11.3 Å². The second-order valence-corrected chi connectivity index (χ2v) is 8.31. The van der Waals surface area contributed by atoms with Gasteiger partial charge in [0.15, 0.2) is 5.16 Å². The first-order valence-electron chi connectivity index (χ1n) is 9.49. The molecule has 0 radical (unpaired) electrons. The van der Waals surface area contributed by atoms with E-state index >= 15 is 0 Å². The lowest BCUT2D eigenvalue weighted by atomic mass is 10.2. The van der Waals surface area contributed by atoms with Crippen molar-refractivity contribution < 1.29 is 9.53 Å². The van der Waals surface area contributed by atoms with Crippen molar-refractivity contribution in [1.29, 1.82) is 0 Å². The number of hydrogen-bond acceptors (Lipinski definition) is 5. The summed E-state index contributed by atoms with van der Waals surface area (Å²) >= 11 is 1.30. The van der Waals surface area contributed by atoms with Crippen LogP contribution in [0.2, 0.25) is 0 Å². The van der Waals surface area contributed by atoms with E-state index in [2.05, 4.69) is 10.3 Å². The summed E-state index contributed by atoms with van der Waals surface area (Å²) < 4.78 is 6.80. The summed E-state index contributed by atoms with van der Waals surface area (Å²) in [6, 6.07) is 14.8. The highest BCUT2D eigenvalue weighted by molar-refractivity contribution is 8.00. The molecule has 0 aliphatic carbocycles. The van der Waals surface area contributed by atoms with Gasteiger partial charge >= 0.3 is 0 Å². The highest BCUT2D eigenvalue weighted by Crippen LogP contribution is 2.25. The van der Waals surface area contributed by atoms with Crippen LogP contribution in [0.4, 0.5) is 0 Å². The van der Waals surface area contributed by atoms with E-state index in [1.54, 1.807) is 17.7 Å². The molecular weight excluding hydrogens is 386 g/mol. The molecule has 1 unspecified atom stereocenters. The molecule has 0 aliphatic heterocycles. The van der Waals surface area contributed by atoms with Gasteiger partial charge < -0.3 is 10.1 Å². The monoisotopic (exact) mass is 411 g/mol. The molecule has 1 aromatic heterocycles. The normalized spacial score (nSPS) is 12.2. The van der Waals surface area contributed by atoms with Crippen LogP contribution in [0.3, 0.4) is 0 Å². The van der Waals surface area contributed by atoms with Crippen LogP contribution in [0.1, 0.15) is 32.4 Å². The van der Waals surface area contributed by atoms with E-state index in [-0.39, 0.29) is 17.5 Å². The zero-order chi connectivity index (χ0) is 21.0.